The molecule has 1 saturated heterocycles. The number of benzene rings is 2. The maximum atomic E-state index is 5.59. The molecule has 2 aromatic carbocycles. The summed E-state index contributed by atoms with van der Waals surface area (Å²) in [4.78, 5) is 7.25. The van der Waals surface area contributed by atoms with E-state index < -0.39 is 0 Å². The maximum absolute atomic E-state index is 5.59. The van der Waals surface area contributed by atoms with Crippen molar-refractivity contribution in [2.24, 2.45) is 10.9 Å². The Labute approximate surface area is 174 Å². The van der Waals surface area contributed by atoms with Gasteiger partial charge in [0.1, 0.15) is 0 Å². The molecule has 4 nitrogen and oxygen atoms in total. The monoisotopic (exact) mass is 467 g/mol. The Hall–Kier alpha value is -1.34. The summed E-state index contributed by atoms with van der Waals surface area (Å²) >= 11 is 0. The number of aliphatic imine (C=N–C) groups is 1. The summed E-state index contributed by atoms with van der Waals surface area (Å²) in [7, 11) is 0. The van der Waals surface area contributed by atoms with Gasteiger partial charge in [-0.1, -0.05) is 36.4 Å². The van der Waals surface area contributed by atoms with E-state index in [4.69, 9.17) is 9.73 Å². The highest BCUT2D eigenvalue weighted by Crippen LogP contribution is 2.18. The van der Waals surface area contributed by atoms with Crippen molar-refractivity contribution in [1.82, 2.24) is 10.2 Å². The third kappa shape index (κ3) is 5.58. The number of fused-ring (bicyclic) bond motifs is 1. The molecule has 1 unspecified atom stereocenters. The van der Waals surface area contributed by atoms with Crippen molar-refractivity contribution in [2.45, 2.75) is 26.8 Å². The number of nitrogens with zero attached hydrogens (tertiary/aromatic N) is 2. The minimum Gasteiger partial charge on any atom is -0.381 e. The predicted octanol–water partition coefficient (Wildman–Crippen LogP) is 4.28. The van der Waals surface area contributed by atoms with Crippen LogP contribution in [0.1, 0.15) is 25.8 Å². The molecule has 0 radical (unpaired) electrons. The normalized spacial score (nSPS) is 17.4. The smallest absolute Gasteiger partial charge is 0.194 e. The van der Waals surface area contributed by atoms with E-state index in [0.29, 0.717) is 12.5 Å². The molecule has 26 heavy (non-hydrogen) atoms. The molecule has 0 aliphatic carbocycles. The van der Waals surface area contributed by atoms with Gasteiger partial charge in [-0.25, -0.2) is 4.99 Å². The van der Waals surface area contributed by atoms with E-state index in [9.17, 15) is 0 Å². The Morgan fingerprint density at radius 3 is 2.77 bits per heavy atom. The lowest BCUT2D eigenvalue weighted by molar-refractivity contribution is 0.114. The molecule has 1 heterocycles. The van der Waals surface area contributed by atoms with Crippen LogP contribution in [0.4, 0.5) is 0 Å². The van der Waals surface area contributed by atoms with Crippen molar-refractivity contribution in [3.05, 3.63) is 48.0 Å². The molecule has 1 aliphatic rings. The Morgan fingerprint density at radius 1 is 1.19 bits per heavy atom. The molecule has 0 saturated carbocycles. The minimum absolute atomic E-state index is 0. The zero-order chi connectivity index (χ0) is 17.5. The van der Waals surface area contributed by atoms with Crippen LogP contribution < -0.4 is 5.32 Å². The van der Waals surface area contributed by atoms with E-state index in [0.717, 1.165) is 38.8 Å². The van der Waals surface area contributed by atoms with E-state index >= 15 is 0 Å². The van der Waals surface area contributed by atoms with E-state index in [-0.39, 0.29) is 24.0 Å². The molecule has 142 valence electrons. The first-order valence-electron chi connectivity index (χ1n) is 9.38. The number of guanidine groups is 1. The molecule has 1 atom stereocenters. The van der Waals surface area contributed by atoms with Crippen molar-refractivity contribution in [1.29, 1.82) is 0 Å². The lowest BCUT2D eigenvalue weighted by atomic mass is 10.1. The molecule has 0 aromatic heterocycles. The number of halogens is 1. The molecular formula is C21H30IN3O. The quantitative estimate of drug-likeness (QED) is 0.392. The first-order valence-corrected chi connectivity index (χ1v) is 9.38. The Bertz CT molecular complexity index is 719. The van der Waals surface area contributed by atoms with Crippen LogP contribution >= 0.6 is 24.0 Å². The highest BCUT2D eigenvalue weighted by atomic mass is 127. The molecule has 1 N–H and O–H groups in total. The molecule has 0 spiro atoms. The highest BCUT2D eigenvalue weighted by molar-refractivity contribution is 14.0. The van der Waals surface area contributed by atoms with E-state index in [1.165, 1.54) is 22.8 Å². The number of hydrogen-bond donors (Lipinski definition) is 1. The van der Waals surface area contributed by atoms with Gasteiger partial charge in [0, 0.05) is 32.2 Å². The van der Waals surface area contributed by atoms with E-state index in [1.807, 2.05) is 0 Å². The van der Waals surface area contributed by atoms with Crippen LogP contribution in [-0.4, -0.2) is 43.7 Å². The summed E-state index contributed by atoms with van der Waals surface area (Å²) in [5.74, 6) is 1.64. The molecular weight excluding hydrogens is 437 g/mol. The molecule has 5 heteroatoms. The van der Waals surface area contributed by atoms with Gasteiger partial charge in [-0.05, 0) is 42.7 Å². The summed E-state index contributed by atoms with van der Waals surface area (Å²) < 4.78 is 5.59. The molecule has 3 rings (SSSR count). The lowest BCUT2D eigenvalue weighted by Crippen LogP contribution is -2.40. The zero-order valence-electron chi connectivity index (χ0n) is 15.8. The van der Waals surface area contributed by atoms with Crippen LogP contribution in [0.25, 0.3) is 10.8 Å². The van der Waals surface area contributed by atoms with Crippen molar-refractivity contribution < 1.29 is 4.74 Å². The number of ether oxygens (including phenoxy) is 1. The van der Waals surface area contributed by atoms with Crippen molar-refractivity contribution >= 4 is 40.7 Å². The summed E-state index contributed by atoms with van der Waals surface area (Å²) in [5.41, 5.74) is 1.25. The van der Waals surface area contributed by atoms with Crippen molar-refractivity contribution in [3.8, 4) is 0 Å². The molecule has 1 fully saturated rings. The van der Waals surface area contributed by atoms with Gasteiger partial charge in [0.2, 0.25) is 0 Å². The largest absolute Gasteiger partial charge is 0.381 e. The molecule has 2 aromatic rings. The summed E-state index contributed by atoms with van der Waals surface area (Å²) in [6, 6.07) is 15.1. The van der Waals surface area contributed by atoms with Crippen LogP contribution in [0.15, 0.2) is 47.5 Å². The number of hydrogen-bond acceptors (Lipinski definition) is 2. The standard InChI is InChI=1S/C21H29N3O.HI/c1-3-22-21(24-12-11-18(15-24)16-25-4-2)23-14-17-9-10-19-7-5-6-8-20(19)13-17;/h5-10,13,18H,3-4,11-12,14-16H2,1-2H3,(H,22,23);1H. The van der Waals surface area contributed by atoms with Crippen LogP contribution in [0.3, 0.4) is 0 Å². The lowest BCUT2D eigenvalue weighted by Gasteiger charge is -2.21. The van der Waals surface area contributed by atoms with Gasteiger partial charge in [-0.2, -0.15) is 0 Å². The summed E-state index contributed by atoms with van der Waals surface area (Å²) in [5, 5.41) is 6.00. The second-order valence-corrected chi connectivity index (χ2v) is 6.61. The average molecular weight is 467 g/mol. The molecule has 0 amide bonds. The number of rotatable bonds is 6. The number of nitrogens with one attached hydrogen (secondary N) is 1. The van der Waals surface area contributed by atoms with E-state index in [2.05, 4.69) is 66.5 Å². The third-order valence-corrected chi connectivity index (χ3v) is 4.70. The predicted molar refractivity (Wildman–Crippen MR) is 120 cm³/mol. The van der Waals surface area contributed by atoms with Gasteiger partial charge in [0.05, 0.1) is 13.2 Å². The van der Waals surface area contributed by atoms with Crippen LogP contribution in [0.5, 0.6) is 0 Å². The Morgan fingerprint density at radius 2 is 2.00 bits per heavy atom. The van der Waals surface area contributed by atoms with Gasteiger partial charge in [-0.15, -0.1) is 24.0 Å². The van der Waals surface area contributed by atoms with Crippen LogP contribution in [0, 0.1) is 5.92 Å². The van der Waals surface area contributed by atoms with Crippen molar-refractivity contribution in [2.75, 3.05) is 32.8 Å². The topological polar surface area (TPSA) is 36.9 Å². The summed E-state index contributed by atoms with van der Waals surface area (Å²) in [6.45, 7) is 9.53. The van der Waals surface area contributed by atoms with Crippen LogP contribution in [0.2, 0.25) is 0 Å². The van der Waals surface area contributed by atoms with Gasteiger partial charge in [0.15, 0.2) is 5.96 Å². The second kappa shape index (κ2) is 10.7. The fourth-order valence-corrected chi connectivity index (χ4v) is 3.37. The third-order valence-electron chi connectivity index (χ3n) is 4.70. The Kier molecular flexibility index (Phi) is 8.65. The number of likely N-dealkylation sites (tertiary alicyclic amines) is 1. The van der Waals surface area contributed by atoms with Gasteiger partial charge in [0.25, 0.3) is 0 Å². The van der Waals surface area contributed by atoms with Gasteiger partial charge < -0.3 is 15.0 Å². The van der Waals surface area contributed by atoms with E-state index in [1.54, 1.807) is 0 Å². The SMILES string of the molecule is CCNC(=NCc1ccc2ccccc2c1)N1CCC(COCC)C1.I. The van der Waals surface area contributed by atoms with Gasteiger partial charge in [-0.3, -0.25) is 0 Å². The Balaban J connectivity index is 0.00000243. The first-order chi connectivity index (χ1) is 12.3. The van der Waals surface area contributed by atoms with Crippen LogP contribution in [-0.2, 0) is 11.3 Å². The first kappa shape index (κ1) is 21.0. The average Bonchev–Trinajstić information content (AvgIpc) is 3.12. The van der Waals surface area contributed by atoms with Gasteiger partial charge >= 0.3 is 0 Å². The molecule has 1 aliphatic heterocycles. The maximum Gasteiger partial charge on any atom is 0.194 e. The summed E-state index contributed by atoms with van der Waals surface area (Å²) in [6.07, 6.45) is 1.18. The molecule has 0 bridgehead atoms. The minimum atomic E-state index is 0. The zero-order valence-corrected chi connectivity index (χ0v) is 18.1. The second-order valence-electron chi connectivity index (χ2n) is 6.61. The van der Waals surface area contributed by atoms with Crippen molar-refractivity contribution in [3.63, 3.8) is 0 Å². The fraction of sp³-hybridized carbons (Fsp3) is 0.476. The highest BCUT2D eigenvalue weighted by Gasteiger charge is 2.24. The fourth-order valence-electron chi connectivity index (χ4n) is 3.37.